The molecule has 2 aromatic rings. The minimum absolute atomic E-state index is 0.0604. The van der Waals surface area contributed by atoms with Crippen molar-refractivity contribution in [2.75, 3.05) is 7.11 Å². The molecule has 0 amide bonds. The Morgan fingerprint density at radius 3 is 2.32 bits per heavy atom. The third kappa shape index (κ3) is 3.18. The van der Waals surface area contributed by atoms with Crippen molar-refractivity contribution < 1.29 is 9.53 Å². The number of carbonyl (C=O) groups excluding carboxylic acids is 1. The summed E-state index contributed by atoms with van der Waals surface area (Å²) < 4.78 is 5.65. The molecule has 5 heteroatoms. The predicted octanol–water partition coefficient (Wildman–Crippen LogP) is 4.98. The van der Waals surface area contributed by atoms with Crippen molar-refractivity contribution in [3.63, 3.8) is 0 Å². The minimum atomic E-state index is -0.403. The number of hydrogen-bond donors (Lipinski definition) is 0. The van der Waals surface area contributed by atoms with Crippen LogP contribution >= 0.6 is 33.9 Å². The van der Waals surface area contributed by atoms with Gasteiger partial charge in [-0.05, 0) is 39.1 Å². The van der Waals surface area contributed by atoms with Crippen molar-refractivity contribution in [3.8, 4) is 17.2 Å². The Labute approximate surface area is 148 Å². The molecule has 0 fully saturated rings. The first-order valence-corrected chi connectivity index (χ1v) is 8.60. The maximum absolute atomic E-state index is 12.0. The van der Waals surface area contributed by atoms with Gasteiger partial charge in [0.15, 0.2) is 0 Å². The van der Waals surface area contributed by atoms with Crippen LogP contribution in [0.25, 0.3) is 11.1 Å². The smallest absolute Gasteiger partial charge is 0.348 e. The van der Waals surface area contributed by atoms with Crippen LogP contribution in [0.3, 0.4) is 0 Å². The SMILES string of the molecule is COC(=O)c1sc(I)c(C#N)c1-c1ccc(C(C)(C)C)cc1. The van der Waals surface area contributed by atoms with Gasteiger partial charge in [0, 0.05) is 5.56 Å². The van der Waals surface area contributed by atoms with Crippen LogP contribution in [0.5, 0.6) is 0 Å². The van der Waals surface area contributed by atoms with Crippen LogP contribution in [0.2, 0.25) is 0 Å². The number of methoxy groups -OCH3 is 1. The fraction of sp³-hybridized carbons (Fsp3) is 0.294. The summed E-state index contributed by atoms with van der Waals surface area (Å²) in [7, 11) is 1.35. The summed E-state index contributed by atoms with van der Waals surface area (Å²) in [6.45, 7) is 6.45. The molecule has 0 aliphatic carbocycles. The number of ether oxygens (including phenoxy) is 1. The molecule has 0 radical (unpaired) electrons. The number of benzene rings is 1. The maximum atomic E-state index is 12.0. The van der Waals surface area contributed by atoms with E-state index in [-0.39, 0.29) is 5.41 Å². The van der Waals surface area contributed by atoms with E-state index >= 15 is 0 Å². The Morgan fingerprint density at radius 2 is 1.86 bits per heavy atom. The largest absolute Gasteiger partial charge is 0.465 e. The molecule has 0 N–H and O–H groups in total. The standard InChI is InChI=1S/C17H16INO2S/c1-17(2,3)11-7-5-10(6-8-11)13-12(9-19)15(18)22-14(13)16(20)21-4/h5-8H,1-4H3. The summed E-state index contributed by atoms with van der Waals surface area (Å²) in [5, 5.41) is 9.41. The molecule has 0 saturated heterocycles. The van der Waals surface area contributed by atoms with Crippen LogP contribution in [-0.2, 0) is 10.2 Å². The highest BCUT2D eigenvalue weighted by Crippen LogP contribution is 2.38. The van der Waals surface area contributed by atoms with Gasteiger partial charge >= 0.3 is 5.97 Å². The number of nitrogens with zero attached hydrogens (tertiary/aromatic N) is 1. The normalized spacial score (nSPS) is 11.1. The quantitative estimate of drug-likeness (QED) is 0.504. The second-order valence-electron chi connectivity index (χ2n) is 5.89. The van der Waals surface area contributed by atoms with Crippen LogP contribution in [-0.4, -0.2) is 13.1 Å². The maximum Gasteiger partial charge on any atom is 0.348 e. The van der Waals surface area contributed by atoms with E-state index in [1.165, 1.54) is 24.0 Å². The average Bonchev–Trinajstić information content (AvgIpc) is 2.82. The lowest BCUT2D eigenvalue weighted by atomic mass is 9.86. The lowest BCUT2D eigenvalue weighted by Crippen LogP contribution is -2.10. The van der Waals surface area contributed by atoms with E-state index in [1.807, 2.05) is 24.3 Å². The zero-order valence-corrected chi connectivity index (χ0v) is 15.8. The molecule has 0 atom stereocenters. The van der Waals surface area contributed by atoms with Crippen molar-refractivity contribution in [2.45, 2.75) is 26.2 Å². The summed E-state index contributed by atoms with van der Waals surface area (Å²) in [6.07, 6.45) is 0. The molecule has 1 heterocycles. The van der Waals surface area contributed by atoms with Crippen molar-refractivity contribution in [2.24, 2.45) is 0 Å². The van der Waals surface area contributed by atoms with Gasteiger partial charge in [-0.15, -0.1) is 11.3 Å². The predicted molar refractivity (Wildman–Crippen MR) is 97.2 cm³/mol. The Bertz CT molecular complexity index is 749. The van der Waals surface area contributed by atoms with Gasteiger partial charge in [-0.25, -0.2) is 4.79 Å². The zero-order valence-electron chi connectivity index (χ0n) is 12.9. The van der Waals surface area contributed by atoms with Crippen molar-refractivity contribution in [1.29, 1.82) is 5.26 Å². The second-order valence-corrected chi connectivity index (χ2v) is 8.72. The van der Waals surface area contributed by atoms with Gasteiger partial charge in [-0.2, -0.15) is 5.26 Å². The molecule has 0 spiro atoms. The monoisotopic (exact) mass is 425 g/mol. The topological polar surface area (TPSA) is 50.1 Å². The molecule has 3 nitrogen and oxygen atoms in total. The number of thiophene rings is 1. The fourth-order valence-electron chi connectivity index (χ4n) is 2.15. The summed E-state index contributed by atoms with van der Waals surface area (Å²) >= 11 is 3.38. The first-order chi connectivity index (χ1) is 10.3. The Balaban J connectivity index is 2.61. The minimum Gasteiger partial charge on any atom is -0.465 e. The average molecular weight is 425 g/mol. The molecule has 0 saturated carbocycles. The molecule has 22 heavy (non-hydrogen) atoms. The lowest BCUT2D eigenvalue weighted by molar-refractivity contribution is 0.0607. The Hall–Kier alpha value is -1.39. The van der Waals surface area contributed by atoms with Crippen LogP contribution in [0.1, 0.15) is 41.6 Å². The van der Waals surface area contributed by atoms with E-state index in [0.717, 1.165) is 8.45 Å². The number of rotatable bonds is 2. The van der Waals surface area contributed by atoms with E-state index in [0.29, 0.717) is 16.0 Å². The van der Waals surface area contributed by atoms with Crippen molar-refractivity contribution in [3.05, 3.63) is 43.2 Å². The van der Waals surface area contributed by atoms with Gasteiger partial charge in [0.2, 0.25) is 0 Å². The zero-order chi connectivity index (χ0) is 16.5. The summed E-state index contributed by atoms with van der Waals surface area (Å²) in [5.41, 5.74) is 3.34. The molecular weight excluding hydrogens is 409 g/mol. The van der Waals surface area contributed by atoms with Gasteiger partial charge in [0.1, 0.15) is 10.9 Å². The van der Waals surface area contributed by atoms with Crippen LogP contribution < -0.4 is 0 Å². The van der Waals surface area contributed by atoms with Crippen molar-refractivity contribution in [1.82, 2.24) is 0 Å². The Morgan fingerprint density at radius 1 is 1.27 bits per heavy atom. The molecule has 1 aromatic heterocycles. The molecular formula is C17H16INO2S. The first kappa shape index (κ1) is 17.0. The van der Waals surface area contributed by atoms with E-state index < -0.39 is 5.97 Å². The highest BCUT2D eigenvalue weighted by atomic mass is 127. The lowest BCUT2D eigenvalue weighted by Gasteiger charge is -2.19. The molecule has 1 aromatic carbocycles. The molecule has 0 unspecified atom stereocenters. The third-order valence-corrected chi connectivity index (χ3v) is 5.55. The molecule has 0 aliphatic rings. The van der Waals surface area contributed by atoms with Crippen LogP contribution in [0.4, 0.5) is 0 Å². The third-order valence-electron chi connectivity index (χ3n) is 3.39. The number of esters is 1. The van der Waals surface area contributed by atoms with E-state index in [9.17, 15) is 10.1 Å². The van der Waals surface area contributed by atoms with E-state index in [2.05, 4.69) is 49.4 Å². The molecule has 0 bridgehead atoms. The van der Waals surface area contributed by atoms with Crippen LogP contribution in [0, 0.1) is 14.2 Å². The van der Waals surface area contributed by atoms with Gasteiger partial charge in [0.25, 0.3) is 0 Å². The number of carbonyl (C=O) groups is 1. The highest BCUT2D eigenvalue weighted by Gasteiger charge is 2.24. The number of halogens is 1. The summed E-state index contributed by atoms with van der Waals surface area (Å²) in [5.74, 6) is -0.403. The Kier molecular flexibility index (Phi) is 4.93. The highest BCUT2D eigenvalue weighted by molar-refractivity contribution is 14.1. The molecule has 2 rings (SSSR count). The number of hydrogen-bond acceptors (Lipinski definition) is 4. The fourth-order valence-corrected chi connectivity index (χ4v) is 4.12. The van der Waals surface area contributed by atoms with Crippen LogP contribution in [0.15, 0.2) is 24.3 Å². The first-order valence-electron chi connectivity index (χ1n) is 6.71. The van der Waals surface area contributed by atoms with E-state index in [1.54, 1.807) is 0 Å². The molecule has 0 aliphatic heterocycles. The summed E-state index contributed by atoms with van der Waals surface area (Å²) in [4.78, 5) is 12.5. The van der Waals surface area contributed by atoms with Gasteiger partial charge in [-0.3, -0.25) is 0 Å². The van der Waals surface area contributed by atoms with Gasteiger partial charge < -0.3 is 4.74 Å². The number of nitriles is 1. The van der Waals surface area contributed by atoms with Crippen molar-refractivity contribution >= 4 is 39.9 Å². The van der Waals surface area contributed by atoms with E-state index in [4.69, 9.17) is 4.74 Å². The molecule has 114 valence electrons. The van der Waals surface area contributed by atoms with Gasteiger partial charge in [-0.1, -0.05) is 45.0 Å². The van der Waals surface area contributed by atoms with Gasteiger partial charge in [0.05, 0.1) is 15.6 Å². The second kappa shape index (κ2) is 6.39. The summed E-state index contributed by atoms with van der Waals surface area (Å²) in [6, 6.07) is 10.2.